The van der Waals surface area contributed by atoms with Crippen molar-refractivity contribution in [2.24, 2.45) is 11.7 Å². The number of hydrogen-bond donors (Lipinski definition) is 4. The molecule has 2 bridgehead atoms. The fraction of sp³-hybridized carbons (Fsp3) is 0.625. The second-order valence-corrected chi connectivity index (χ2v) is 10.0. The molecular formula is C24H34N10O. The van der Waals surface area contributed by atoms with E-state index in [-0.39, 0.29) is 11.8 Å². The van der Waals surface area contributed by atoms with E-state index in [4.69, 9.17) is 21.0 Å². The Morgan fingerprint density at radius 3 is 2.54 bits per heavy atom. The van der Waals surface area contributed by atoms with Gasteiger partial charge in [0.15, 0.2) is 5.82 Å². The van der Waals surface area contributed by atoms with Crippen LogP contribution < -0.4 is 21.3 Å². The molecule has 11 nitrogen and oxygen atoms in total. The predicted octanol–water partition coefficient (Wildman–Crippen LogP) is 2.27. The van der Waals surface area contributed by atoms with Gasteiger partial charge in [-0.05, 0) is 45.4 Å². The van der Waals surface area contributed by atoms with Gasteiger partial charge in [-0.2, -0.15) is 20.3 Å². The van der Waals surface area contributed by atoms with Gasteiger partial charge in [0.2, 0.25) is 11.9 Å². The van der Waals surface area contributed by atoms with Gasteiger partial charge in [0.25, 0.3) is 0 Å². The Labute approximate surface area is 205 Å². The number of nitrogens with one attached hydrogen (secondary N) is 3. The molecule has 0 saturated carbocycles. The Kier molecular flexibility index (Phi) is 6.72. The summed E-state index contributed by atoms with van der Waals surface area (Å²) in [4.78, 5) is 26.0. The highest BCUT2D eigenvalue weighted by atomic mass is 16.1. The molecule has 0 aromatic carbocycles. The van der Waals surface area contributed by atoms with Gasteiger partial charge in [-0.25, -0.2) is 0 Å². The van der Waals surface area contributed by atoms with Gasteiger partial charge >= 0.3 is 0 Å². The summed E-state index contributed by atoms with van der Waals surface area (Å²) in [6.07, 6.45) is 6.48. The summed E-state index contributed by atoms with van der Waals surface area (Å²) in [6.45, 7) is 4.28. The predicted molar refractivity (Wildman–Crippen MR) is 133 cm³/mol. The maximum absolute atomic E-state index is 11.6. The summed E-state index contributed by atoms with van der Waals surface area (Å²) in [7, 11) is 0. The monoisotopic (exact) mass is 478 g/mol. The number of H-pyrrole nitrogens is 1. The number of aromatic amines is 1. The Hall–Kier alpha value is -3.39. The second kappa shape index (κ2) is 10.1. The third kappa shape index (κ3) is 5.32. The van der Waals surface area contributed by atoms with Crippen molar-refractivity contribution >= 4 is 29.3 Å². The van der Waals surface area contributed by atoms with E-state index in [1.54, 1.807) is 0 Å². The Balaban J connectivity index is 1.33. The molecule has 2 aromatic rings. The van der Waals surface area contributed by atoms with Crippen molar-refractivity contribution < 1.29 is 4.79 Å². The Morgan fingerprint density at radius 2 is 1.91 bits per heavy atom. The molecule has 35 heavy (non-hydrogen) atoms. The average molecular weight is 479 g/mol. The highest BCUT2D eigenvalue weighted by Gasteiger charge is 2.40. The van der Waals surface area contributed by atoms with E-state index in [1.165, 1.54) is 12.8 Å². The first-order chi connectivity index (χ1) is 17.0. The van der Waals surface area contributed by atoms with Gasteiger partial charge in [-0.1, -0.05) is 0 Å². The third-order valence-corrected chi connectivity index (χ3v) is 7.60. The highest BCUT2D eigenvalue weighted by molar-refractivity contribution is 5.77. The quantitative estimate of drug-likeness (QED) is 0.448. The van der Waals surface area contributed by atoms with Crippen LogP contribution >= 0.6 is 0 Å². The number of nitriles is 1. The van der Waals surface area contributed by atoms with Crippen LogP contribution in [0.4, 0.5) is 23.4 Å². The molecule has 186 valence electrons. The lowest BCUT2D eigenvalue weighted by Crippen LogP contribution is -2.47. The number of hydrogen-bond acceptors (Lipinski definition) is 9. The maximum Gasteiger partial charge on any atom is 0.226 e. The van der Waals surface area contributed by atoms with Gasteiger partial charge in [-0.3, -0.25) is 14.8 Å². The van der Waals surface area contributed by atoms with Crippen LogP contribution in [0.3, 0.4) is 0 Å². The van der Waals surface area contributed by atoms with Crippen LogP contribution in [0.15, 0.2) is 12.1 Å². The number of aryl methyl sites for hydroxylation is 1. The second-order valence-electron chi connectivity index (χ2n) is 10.0. The van der Waals surface area contributed by atoms with Crippen molar-refractivity contribution in [1.29, 1.82) is 5.26 Å². The van der Waals surface area contributed by atoms with Crippen molar-refractivity contribution in [2.75, 3.05) is 35.2 Å². The zero-order valence-electron chi connectivity index (χ0n) is 20.2. The number of amides is 1. The van der Waals surface area contributed by atoms with E-state index in [2.05, 4.69) is 36.7 Å². The van der Waals surface area contributed by atoms with Gasteiger partial charge < -0.3 is 21.3 Å². The van der Waals surface area contributed by atoms with E-state index in [9.17, 15) is 4.79 Å². The maximum atomic E-state index is 11.6. The lowest BCUT2D eigenvalue weighted by atomic mass is 9.96. The van der Waals surface area contributed by atoms with Crippen LogP contribution in [0.5, 0.6) is 0 Å². The van der Waals surface area contributed by atoms with Crippen LogP contribution in [-0.4, -0.2) is 68.7 Å². The molecule has 3 aliphatic heterocycles. The van der Waals surface area contributed by atoms with Crippen LogP contribution in [0.2, 0.25) is 0 Å². The van der Waals surface area contributed by atoms with Gasteiger partial charge in [0, 0.05) is 67.9 Å². The molecular weight excluding hydrogens is 444 g/mol. The number of anilines is 4. The fourth-order valence-electron chi connectivity index (χ4n) is 5.85. The number of fused-ring (bicyclic) bond motifs is 2. The minimum absolute atomic E-state index is 0.0722. The first-order valence-corrected chi connectivity index (χ1v) is 12.6. The average Bonchev–Trinajstić information content (AvgIpc) is 3.35. The Morgan fingerprint density at radius 1 is 1.17 bits per heavy atom. The van der Waals surface area contributed by atoms with Gasteiger partial charge in [0.1, 0.15) is 11.6 Å². The van der Waals surface area contributed by atoms with Gasteiger partial charge in [-0.15, -0.1) is 0 Å². The largest absolute Gasteiger partial charge is 0.369 e. The van der Waals surface area contributed by atoms with Crippen LogP contribution in [0.1, 0.15) is 50.6 Å². The summed E-state index contributed by atoms with van der Waals surface area (Å²) in [6, 6.07) is 7.48. The number of aromatic nitrogens is 4. The molecule has 0 radical (unpaired) electrons. The summed E-state index contributed by atoms with van der Waals surface area (Å²) in [5.74, 6) is 2.52. The number of nitrogens with zero attached hydrogens (tertiary/aromatic N) is 6. The van der Waals surface area contributed by atoms with Crippen molar-refractivity contribution in [3.05, 3.63) is 17.8 Å². The molecule has 5 N–H and O–H groups in total. The molecule has 1 amide bonds. The first-order valence-electron chi connectivity index (χ1n) is 12.6. The van der Waals surface area contributed by atoms with Crippen molar-refractivity contribution in [2.45, 2.75) is 70.0 Å². The molecule has 0 aliphatic carbocycles. The van der Waals surface area contributed by atoms with Crippen LogP contribution in [0, 0.1) is 24.2 Å². The SMILES string of the molecule is Cc1cc(Nc2cc(N3CCC(C(N)=O)CC3)nc(N[C@@H]3C[C@H]4CC[C@@H](C3)N4CCC#N)n2)n[nH]1. The standard InChI is InChI=1S/C24H34N10O/c1-15-11-21(32-31-15)28-20-14-22(33-9-5-16(6-10-33)23(26)35)30-24(29-20)27-17-12-18-3-4-19(13-17)34(18)8-2-7-25/h11,14,16-19H,2-6,8-10,12-13H2,1H3,(H2,26,35)(H3,27,28,29,30,31,32)/t17-,18-,19+. The lowest BCUT2D eigenvalue weighted by Gasteiger charge is -2.39. The third-order valence-electron chi connectivity index (χ3n) is 7.60. The summed E-state index contributed by atoms with van der Waals surface area (Å²) in [5, 5.41) is 23.1. The van der Waals surface area contributed by atoms with Gasteiger partial charge in [0.05, 0.1) is 6.07 Å². The fourth-order valence-corrected chi connectivity index (χ4v) is 5.85. The molecule has 3 atom stereocenters. The zero-order valence-corrected chi connectivity index (χ0v) is 20.2. The normalized spacial score (nSPS) is 24.8. The molecule has 2 aromatic heterocycles. The van der Waals surface area contributed by atoms with E-state index >= 15 is 0 Å². The minimum atomic E-state index is -0.221. The topological polar surface area (TPSA) is 152 Å². The summed E-state index contributed by atoms with van der Waals surface area (Å²) in [5.41, 5.74) is 6.49. The van der Waals surface area contributed by atoms with E-state index in [1.807, 2.05) is 19.1 Å². The first kappa shape index (κ1) is 23.4. The van der Waals surface area contributed by atoms with E-state index in [0.29, 0.717) is 42.1 Å². The number of carbonyl (C=O) groups excluding carboxylic acids is 1. The van der Waals surface area contributed by atoms with Crippen LogP contribution in [-0.2, 0) is 4.79 Å². The highest BCUT2D eigenvalue weighted by Crippen LogP contribution is 2.37. The zero-order chi connectivity index (χ0) is 24.4. The lowest BCUT2D eigenvalue weighted by molar-refractivity contribution is -0.122. The summed E-state index contributed by atoms with van der Waals surface area (Å²) >= 11 is 0. The number of rotatable bonds is 8. The smallest absolute Gasteiger partial charge is 0.226 e. The van der Waals surface area contributed by atoms with Crippen LogP contribution in [0.25, 0.3) is 0 Å². The number of carbonyl (C=O) groups is 1. The van der Waals surface area contributed by atoms with Crippen molar-refractivity contribution in [3.8, 4) is 6.07 Å². The van der Waals surface area contributed by atoms with E-state index in [0.717, 1.165) is 56.8 Å². The molecule has 3 fully saturated rings. The molecule has 3 saturated heterocycles. The molecule has 0 spiro atoms. The molecule has 5 heterocycles. The number of primary amides is 1. The van der Waals surface area contributed by atoms with Crippen molar-refractivity contribution in [1.82, 2.24) is 25.1 Å². The Bertz CT molecular complexity index is 1070. The minimum Gasteiger partial charge on any atom is -0.369 e. The number of piperidine rings is 2. The van der Waals surface area contributed by atoms with E-state index < -0.39 is 0 Å². The molecule has 3 aliphatic rings. The molecule has 0 unspecified atom stereocenters. The molecule has 5 rings (SSSR count). The molecule has 11 heteroatoms. The number of nitrogens with two attached hydrogens (primary N) is 1. The summed E-state index contributed by atoms with van der Waals surface area (Å²) < 4.78 is 0. The van der Waals surface area contributed by atoms with Crippen molar-refractivity contribution in [3.63, 3.8) is 0 Å².